The van der Waals surface area contributed by atoms with E-state index in [-0.39, 0.29) is 0 Å². The van der Waals surface area contributed by atoms with E-state index in [1.165, 1.54) is 39.9 Å². The molecule has 0 saturated carbocycles. The minimum atomic E-state index is 0.726. The Labute approximate surface area is 121 Å². The highest BCUT2D eigenvalue weighted by Crippen LogP contribution is 2.43. The highest BCUT2D eigenvalue weighted by molar-refractivity contribution is 7.20. The van der Waals surface area contributed by atoms with Crippen LogP contribution in [0.1, 0.15) is 24.1 Å². The maximum absolute atomic E-state index is 6.29. The van der Waals surface area contributed by atoms with Crippen LogP contribution < -0.4 is 4.90 Å². The third-order valence-corrected chi connectivity index (χ3v) is 5.30. The number of aryl methyl sites for hydroxylation is 1. The molecule has 0 unspecified atom stereocenters. The van der Waals surface area contributed by atoms with E-state index in [0.717, 1.165) is 23.1 Å². The molecule has 0 bridgehead atoms. The van der Waals surface area contributed by atoms with Crippen molar-refractivity contribution in [2.75, 3.05) is 18.0 Å². The lowest BCUT2D eigenvalue weighted by molar-refractivity contribution is 0.579. The summed E-state index contributed by atoms with van der Waals surface area (Å²) in [4.78, 5) is 3.83. The minimum Gasteiger partial charge on any atom is -0.370 e. The van der Waals surface area contributed by atoms with Gasteiger partial charge in [0.15, 0.2) is 0 Å². The van der Waals surface area contributed by atoms with E-state index in [9.17, 15) is 0 Å². The minimum absolute atomic E-state index is 0.726. The summed E-state index contributed by atoms with van der Waals surface area (Å²) in [6, 6.07) is 3.89. The molecule has 0 spiro atoms. The molecule has 18 heavy (non-hydrogen) atoms. The van der Waals surface area contributed by atoms with Crippen molar-refractivity contribution in [3.05, 3.63) is 27.1 Å². The van der Waals surface area contributed by atoms with Crippen molar-refractivity contribution in [3.8, 4) is 0 Å². The molecule has 0 amide bonds. The van der Waals surface area contributed by atoms with Gasteiger partial charge in [0.1, 0.15) is 0 Å². The predicted molar refractivity (Wildman–Crippen MR) is 82.6 cm³/mol. The summed E-state index contributed by atoms with van der Waals surface area (Å²) in [5.41, 5.74) is 1.35. The van der Waals surface area contributed by atoms with Crippen molar-refractivity contribution < 1.29 is 0 Å². The zero-order chi connectivity index (χ0) is 12.7. The first kappa shape index (κ1) is 12.6. The second kappa shape index (κ2) is 4.92. The van der Waals surface area contributed by atoms with Gasteiger partial charge < -0.3 is 4.90 Å². The Kier molecular flexibility index (Phi) is 3.44. The summed E-state index contributed by atoms with van der Waals surface area (Å²) in [5, 5.41) is 2.72. The van der Waals surface area contributed by atoms with Crippen LogP contribution >= 0.6 is 34.5 Å². The van der Waals surface area contributed by atoms with Crippen LogP contribution in [0.2, 0.25) is 10.0 Å². The molecule has 1 aliphatic heterocycles. The summed E-state index contributed by atoms with van der Waals surface area (Å²) >= 11 is 14.2. The molecule has 3 rings (SSSR count). The maximum atomic E-state index is 6.29. The summed E-state index contributed by atoms with van der Waals surface area (Å²) in [5.74, 6) is 0. The summed E-state index contributed by atoms with van der Waals surface area (Å²) in [6.07, 6.45) is 3.91. The van der Waals surface area contributed by atoms with Gasteiger partial charge in [0.2, 0.25) is 0 Å². The fourth-order valence-electron chi connectivity index (χ4n) is 2.74. The smallest absolute Gasteiger partial charge is 0.0599 e. The fraction of sp³-hybridized carbons (Fsp3) is 0.429. The molecule has 0 atom stereocenters. The molecule has 2 aromatic rings. The van der Waals surface area contributed by atoms with E-state index >= 15 is 0 Å². The van der Waals surface area contributed by atoms with Crippen molar-refractivity contribution in [1.82, 2.24) is 0 Å². The number of benzene rings is 1. The van der Waals surface area contributed by atoms with Crippen LogP contribution in [0.3, 0.4) is 0 Å². The van der Waals surface area contributed by atoms with Gasteiger partial charge in [-0.2, -0.15) is 0 Å². The first-order valence-corrected chi connectivity index (χ1v) is 7.87. The number of hydrogen-bond acceptors (Lipinski definition) is 2. The quantitative estimate of drug-likeness (QED) is 0.671. The highest BCUT2D eigenvalue weighted by Gasteiger charge is 2.19. The number of nitrogens with zero attached hydrogens (tertiary/aromatic N) is 1. The number of fused-ring (bicyclic) bond motifs is 1. The number of thiophene rings is 1. The Morgan fingerprint density at radius 1 is 1.11 bits per heavy atom. The lowest BCUT2D eigenvalue weighted by Crippen LogP contribution is -2.29. The van der Waals surface area contributed by atoms with Gasteiger partial charge >= 0.3 is 0 Å². The van der Waals surface area contributed by atoms with Gasteiger partial charge in [-0.3, -0.25) is 0 Å². The highest BCUT2D eigenvalue weighted by atomic mass is 35.5. The van der Waals surface area contributed by atoms with E-state index in [4.69, 9.17) is 23.2 Å². The van der Waals surface area contributed by atoms with Gasteiger partial charge in [0, 0.05) is 28.4 Å². The summed E-state index contributed by atoms with van der Waals surface area (Å²) < 4.78 is 1.17. The molecule has 96 valence electrons. The number of anilines is 1. The monoisotopic (exact) mass is 299 g/mol. The standard InChI is InChI=1S/C14H15Cl2NS/c1-9-13(17-5-3-2-4-6-17)11-7-10(15)8-12(16)14(11)18-9/h7-8H,2-6H2,1H3. The third-order valence-electron chi connectivity index (χ3n) is 3.52. The zero-order valence-corrected chi connectivity index (χ0v) is 12.6. The molecular weight excluding hydrogens is 285 g/mol. The van der Waals surface area contributed by atoms with Gasteiger partial charge in [-0.1, -0.05) is 23.2 Å². The second-order valence-corrected chi connectivity index (χ2v) is 6.89. The number of rotatable bonds is 1. The van der Waals surface area contributed by atoms with Gasteiger partial charge in [-0.05, 0) is 38.3 Å². The topological polar surface area (TPSA) is 3.24 Å². The van der Waals surface area contributed by atoms with E-state index in [1.54, 1.807) is 11.3 Å². The summed E-state index contributed by atoms with van der Waals surface area (Å²) in [6.45, 7) is 4.48. The predicted octanol–water partition coefficient (Wildman–Crippen LogP) is 5.51. The summed E-state index contributed by atoms with van der Waals surface area (Å²) in [7, 11) is 0. The third kappa shape index (κ3) is 2.11. The Morgan fingerprint density at radius 2 is 1.83 bits per heavy atom. The Balaban J connectivity index is 2.18. The van der Waals surface area contributed by atoms with Crippen molar-refractivity contribution >= 4 is 50.3 Å². The van der Waals surface area contributed by atoms with Crippen molar-refractivity contribution in [2.24, 2.45) is 0 Å². The second-order valence-electron chi connectivity index (χ2n) is 4.82. The van der Waals surface area contributed by atoms with Crippen LogP contribution in [0, 0.1) is 6.92 Å². The Bertz CT molecular complexity index is 585. The van der Waals surface area contributed by atoms with Crippen LogP contribution in [0.15, 0.2) is 12.1 Å². The molecular formula is C14H15Cl2NS. The average Bonchev–Trinajstić information content (AvgIpc) is 2.67. The molecule has 0 N–H and O–H groups in total. The molecule has 1 saturated heterocycles. The molecule has 1 aromatic heterocycles. The van der Waals surface area contributed by atoms with Crippen molar-refractivity contribution in [2.45, 2.75) is 26.2 Å². The molecule has 1 fully saturated rings. The largest absolute Gasteiger partial charge is 0.370 e. The normalized spacial score (nSPS) is 16.5. The average molecular weight is 300 g/mol. The van der Waals surface area contributed by atoms with Crippen LogP contribution in [0.4, 0.5) is 5.69 Å². The molecule has 1 nitrogen and oxygen atoms in total. The maximum Gasteiger partial charge on any atom is 0.0599 e. The van der Waals surface area contributed by atoms with Crippen molar-refractivity contribution in [3.63, 3.8) is 0 Å². The van der Waals surface area contributed by atoms with Gasteiger partial charge in [-0.15, -0.1) is 11.3 Å². The van der Waals surface area contributed by atoms with Crippen LogP contribution in [0.5, 0.6) is 0 Å². The van der Waals surface area contributed by atoms with Crippen LogP contribution in [0.25, 0.3) is 10.1 Å². The van der Waals surface area contributed by atoms with E-state index in [0.29, 0.717) is 0 Å². The molecule has 0 radical (unpaired) electrons. The number of halogens is 2. The lowest BCUT2D eigenvalue weighted by atomic mass is 10.1. The molecule has 2 heterocycles. The number of piperidine rings is 1. The van der Waals surface area contributed by atoms with Crippen LogP contribution in [-0.4, -0.2) is 13.1 Å². The van der Waals surface area contributed by atoms with Gasteiger partial charge in [0.25, 0.3) is 0 Å². The van der Waals surface area contributed by atoms with E-state index < -0.39 is 0 Å². The van der Waals surface area contributed by atoms with Crippen molar-refractivity contribution in [1.29, 1.82) is 0 Å². The van der Waals surface area contributed by atoms with Gasteiger partial charge in [-0.25, -0.2) is 0 Å². The molecule has 0 aliphatic carbocycles. The Morgan fingerprint density at radius 3 is 2.56 bits per heavy atom. The van der Waals surface area contributed by atoms with E-state index in [1.807, 2.05) is 6.07 Å². The molecule has 4 heteroatoms. The first-order valence-electron chi connectivity index (χ1n) is 6.30. The first-order chi connectivity index (χ1) is 8.66. The van der Waals surface area contributed by atoms with Gasteiger partial charge in [0.05, 0.1) is 15.4 Å². The molecule has 1 aromatic carbocycles. The van der Waals surface area contributed by atoms with Crippen LogP contribution in [-0.2, 0) is 0 Å². The zero-order valence-electron chi connectivity index (χ0n) is 10.3. The SMILES string of the molecule is Cc1sc2c(Cl)cc(Cl)cc2c1N1CCCCC1. The van der Waals surface area contributed by atoms with E-state index in [2.05, 4.69) is 17.9 Å². The molecule has 1 aliphatic rings. The number of hydrogen-bond donors (Lipinski definition) is 0. The Hall–Kier alpha value is -0.440. The lowest BCUT2D eigenvalue weighted by Gasteiger charge is -2.29. The fourth-order valence-corrected chi connectivity index (χ4v) is 4.41.